The van der Waals surface area contributed by atoms with E-state index in [4.69, 9.17) is 0 Å². The zero-order valence-electron chi connectivity index (χ0n) is 15.2. The molecule has 2 aliphatic rings. The van der Waals surface area contributed by atoms with Crippen LogP contribution in [0.4, 0.5) is 17.1 Å². The number of nitro benzene ring substituents is 1. The first-order valence-electron chi connectivity index (χ1n) is 9.08. The van der Waals surface area contributed by atoms with Crippen LogP contribution in [0.1, 0.15) is 32.1 Å². The highest BCUT2D eigenvalue weighted by Crippen LogP contribution is 2.35. The second kappa shape index (κ2) is 9.32. The van der Waals surface area contributed by atoms with E-state index in [1.54, 1.807) is 13.1 Å². The molecule has 1 amide bonds. The maximum Gasteiger partial charge on any atom is 0.271 e. The van der Waals surface area contributed by atoms with Crippen LogP contribution in [0.15, 0.2) is 18.2 Å². The SMILES string of the molecule is Br.CN1C(=O)CN(CCCCCN2CCCC2)c2ccc([N+](=O)[O-])cc21. The Kier molecular flexibility index (Phi) is 7.40. The maximum absolute atomic E-state index is 12.2. The highest BCUT2D eigenvalue weighted by molar-refractivity contribution is 8.93. The number of anilines is 2. The van der Waals surface area contributed by atoms with Crippen molar-refractivity contribution < 1.29 is 9.72 Å². The summed E-state index contributed by atoms with van der Waals surface area (Å²) in [5.74, 6) is -0.0231. The number of unbranched alkanes of at least 4 members (excludes halogenated alkanes) is 2. The number of non-ortho nitro benzene ring substituents is 1. The van der Waals surface area contributed by atoms with Crippen LogP contribution in [0, 0.1) is 10.1 Å². The number of nitro groups is 1. The van der Waals surface area contributed by atoms with Crippen LogP contribution < -0.4 is 9.80 Å². The lowest BCUT2D eigenvalue weighted by Gasteiger charge is -2.35. The van der Waals surface area contributed by atoms with Gasteiger partial charge in [0.15, 0.2) is 0 Å². The van der Waals surface area contributed by atoms with Gasteiger partial charge in [-0.15, -0.1) is 17.0 Å². The number of hydrogen-bond acceptors (Lipinski definition) is 5. The topological polar surface area (TPSA) is 69.9 Å². The number of amides is 1. The van der Waals surface area contributed by atoms with Crippen molar-refractivity contribution >= 4 is 40.0 Å². The lowest BCUT2D eigenvalue weighted by atomic mass is 10.1. The molecule has 0 atom stereocenters. The molecule has 0 N–H and O–H groups in total. The summed E-state index contributed by atoms with van der Waals surface area (Å²) in [6, 6.07) is 4.77. The molecule has 0 unspecified atom stereocenters. The summed E-state index contributed by atoms with van der Waals surface area (Å²) in [6.45, 7) is 4.79. The Morgan fingerprint density at radius 1 is 1.08 bits per heavy atom. The number of rotatable bonds is 7. The first kappa shape index (κ1) is 20.6. The van der Waals surface area contributed by atoms with Crippen LogP contribution in [0.25, 0.3) is 0 Å². The second-order valence-electron chi connectivity index (χ2n) is 6.91. The summed E-state index contributed by atoms with van der Waals surface area (Å²) in [5, 5.41) is 11.0. The van der Waals surface area contributed by atoms with Gasteiger partial charge in [0.25, 0.3) is 5.69 Å². The Bertz CT molecular complexity index is 649. The molecule has 0 bridgehead atoms. The lowest BCUT2D eigenvalue weighted by Crippen LogP contribution is -2.44. The molecule has 0 aliphatic carbocycles. The Morgan fingerprint density at radius 3 is 2.46 bits per heavy atom. The van der Waals surface area contributed by atoms with E-state index < -0.39 is 4.92 Å². The van der Waals surface area contributed by atoms with Gasteiger partial charge in [-0.3, -0.25) is 14.9 Å². The molecule has 1 fully saturated rings. The zero-order valence-corrected chi connectivity index (χ0v) is 16.9. The number of fused-ring (bicyclic) bond motifs is 1. The van der Waals surface area contributed by atoms with Crippen molar-refractivity contribution in [3.63, 3.8) is 0 Å². The van der Waals surface area contributed by atoms with Crippen LogP contribution in [0.5, 0.6) is 0 Å². The van der Waals surface area contributed by atoms with Crippen molar-refractivity contribution in [1.82, 2.24) is 4.90 Å². The molecule has 3 rings (SSSR count). The van der Waals surface area contributed by atoms with Gasteiger partial charge in [-0.2, -0.15) is 0 Å². The van der Waals surface area contributed by atoms with Gasteiger partial charge < -0.3 is 14.7 Å². The monoisotopic (exact) mass is 426 g/mol. The number of nitrogens with zero attached hydrogens (tertiary/aromatic N) is 4. The van der Waals surface area contributed by atoms with E-state index in [1.807, 2.05) is 0 Å². The van der Waals surface area contributed by atoms with Crippen molar-refractivity contribution in [2.24, 2.45) is 0 Å². The normalized spacial score (nSPS) is 17.2. The Balaban J connectivity index is 0.00000243. The summed E-state index contributed by atoms with van der Waals surface area (Å²) in [6.07, 6.45) is 6.01. The number of halogens is 1. The number of carbonyl (C=O) groups excluding carboxylic acids is 1. The third-order valence-electron chi connectivity index (χ3n) is 5.17. The van der Waals surface area contributed by atoms with Crippen molar-refractivity contribution in [1.29, 1.82) is 0 Å². The molecular formula is C18H27BrN4O3. The summed E-state index contributed by atoms with van der Waals surface area (Å²) in [4.78, 5) is 28.9. The summed E-state index contributed by atoms with van der Waals surface area (Å²) in [5.41, 5.74) is 1.56. The van der Waals surface area contributed by atoms with E-state index in [9.17, 15) is 14.9 Å². The van der Waals surface area contributed by atoms with E-state index in [2.05, 4.69) is 9.80 Å². The lowest BCUT2D eigenvalue weighted by molar-refractivity contribution is -0.384. The third-order valence-corrected chi connectivity index (χ3v) is 5.17. The number of benzene rings is 1. The van der Waals surface area contributed by atoms with Crippen LogP contribution in [-0.2, 0) is 4.79 Å². The largest absolute Gasteiger partial charge is 0.361 e. The van der Waals surface area contributed by atoms with Crippen molar-refractivity contribution in [3.05, 3.63) is 28.3 Å². The molecular weight excluding hydrogens is 400 g/mol. The molecule has 8 heteroatoms. The minimum Gasteiger partial charge on any atom is -0.361 e. The molecule has 1 saturated heterocycles. The standard InChI is InChI=1S/C18H26N4O3.BrH/c1-19-17-13-15(22(24)25)7-8-16(17)21(14-18(19)23)12-4-2-3-9-20-10-5-6-11-20;/h7-8,13H,2-6,9-12,14H2,1H3;1H. The summed E-state index contributed by atoms with van der Waals surface area (Å²) < 4.78 is 0. The van der Waals surface area contributed by atoms with E-state index >= 15 is 0 Å². The third kappa shape index (κ3) is 4.73. The first-order valence-corrected chi connectivity index (χ1v) is 9.08. The molecule has 0 aromatic heterocycles. The molecule has 0 radical (unpaired) electrons. The predicted molar refractivity (Wildman–Crippen MR) is 109 cm³/mol. The fraction of sp³-hybridized carbons (Fsp3) is 0.611. The zero-order chi connectivity index (χ0) is 17.8. The van der Waals surface area contributed by atoms with Gasteiger partial charge in [-0.25, -0.2) is 0 Å². The van der Waals surface area contributed by atoms with Crippen LogP contribution in [0.2, 0.25) is 0 Å². The quantitative estimate of drug-likeness (QED) is 0.380. The van der Waals surface area contributed by atoms with E-state index in [1.165, 1.54) is 55.9 Å². The Morgan fingerprint density at radius 2 is 1.77 bits per heavy atom. The maximum atomic E-state index is 12.2. The van der Waals surface area contributed by atoms with Crippen LogP contribution in [0.3, 0.4) is 0 Å². The smallest absolute Gasteiger partial charge is 0.271 e. The molecule has 0 spiro atoms. The molecule has 2 aliphatic heterocycles. The van der Waals surface area contributed by atoms with Gasteiger partial charge in [0, 0.05) is 25.7 Å². The Labute approximate surface area is 164 Å². The molecule has 7 nitrogen and oxygen atoms in total. The second-order valence-corrected chi connectivity index (χ2v) is 6.91. The number of likely N-dealkylation sites (N-methyl/N-ethyl adjacent to an activating group) is 1. The van der Waals surface area contributed by atoms with Gasteiger partial charge in [0.2, 0.25) is 5.91 Å². The number of carbonyl (C=O) groups is 1. The molecule has 1 aromatic rings. The highest BCUT2D eigenvalue weighted by Gasteiger charge is 2.28. The fourth-order valence-electron chi connectivity index (χ4n) is 3.67. The number of hydrogen-bond donors (Lipinski definition) is 0. The molecule has 144 valence electrons. The predicted octanol–water partition coefficient (Wildman–Crippen LogP) is 3.22. The van der Waals surface area contributed by atoms with Gasteiger partial charge in [-0.1, -0.05) is 6.42 Å². The fourth-order valence-corrected chi connectivity index (χ4v) is 3.67. The molecule has 0 saturated carbocycles. The van der Waals surface area contributed by atoms with Crippen molar-refractivity contribution in [3.8, 4) is 0 Å². The molecule has 26 heavy (non-hydrogen) atoms. The average Bonchev–Trinajstić information content (AvgIpc) is 3.11. The highest BCUT2D eigenvalue weighted by atomic mass is 79.9. The minimum atomic E-state index is -0.421. The van der Waals surface area contributed by atoms with Gasteiger partial charge in [-0.05, 0) is 51.4 Å². The van der Waals surface area contributed by atoms with E-state index in [0.29, 0.717) is 12.2 Å². The average molecular weight is 427 g/mol. The first-order chi connectivity index (χ1) is 12.1. The van der Waals surface area contributed by atoms with E-state index in [0.717, 1.165) is 25.1 Å². The van der Waals surface area contributed by atoms with Crippen molar-refractivity contribution in [2.45, 2.75) is 32.1 Å². The van der Waals surface area contributed by atoms with Crippen LogP contribution >= 0.6 is 17.0 Å². The molecule has 2 heterocycles. The molecule has 1 aromatic carbocycles. The van der Waals surface area contributed by atoms with E-state index in [-0.39, 0.29) is 28.6 Å². The van der Waals surface area contributed by atoms with Gasteiger partial charge in [0.1, 0.15) is 0 Å². The van der Waals surface area contributed by atoms with Crippen molar-refractivity contribution in [2.75, 3.05) is 49.6 Å². The minimum absolute atomic E-state index is 0. The Hall–Kier alpha value is -1.67. The van der Waals surface area contributed by atoms with Crippen LogP contribution in [-0.4, -0.2) is 55.5 Å². The summed E-state index contributed by atoms with van der Waals surface area (Å²) in [7, 11) is 1.68. The van der Waals surface area contributed by atoms with Gasteiger partial charge in [0.05, 0.1) is 22.8 Å². The number of likely N-dealkylation sites (tertiary alicyclic amines) is 1. The summed E-state index contributed by atoms with van der Waals surface area (Å²) >= 11 is 0. The van der Waals surface area contributed by atoms with Gasteiger partial charge >= 0.3 is 0 Å².